The number of benzene rings is 1. The van der Waals surface area contributed by atoms with Gasteiger partial charge in [-0.1, -0.05) is 36.2 Å². The first-order valence-electron chi connectivity index (χ1n) is 6.44. The van der Waals surface area contributed by atoms with Crippen molar-refractivity contribution in [3.63, 3.8) is 0 Å². The molecule has 1 aromatic carbocycles. The highest BCUT2D eigenvalue weighted by Gasteiger charge is 2.64. The van der Waals surface area contributed by atoms with E-state index >= 15 is 0 Å². The Bertz CT molecular complexity index is 444. The molecule has 17 heavy (non-hydrogen) atoms. The Kier molecular flexibility index (Phi) is 2.29. The molecule has 2 atom stereocenters. The lowest BCUT2D eigenvalue weighted by Gasteiger charge is -2.35. The van der Waals surface area contributed by atoms with Crippen LogP contribution in [-0.2, 0) is 10.2 Å². The first-order chi connectivity index (χ1) is 8.14. The van der Waals surface area contributed by atoms with E-state index in [9.17, 15) is 9.90 Å². The molecule has 0 radical (unpaired) electrons. The van der Waals surface area contributed by atoms with Gasteiger partial charge in [0.2, 0.25) is 0 Å². The summed E-state index contributed by atoms with van der Waals surface area (Å²) < 4.78 is 0. The third kappa shape index (κ3) is 1.50. The molecular weight excluding hydrogens is 212 g/mol. The highest BCUT2D eigenvalue weighted by atomic mass is 16.4. The van der Waals surface area contributed by atoms with Crippen LogP contribution >= 0.6 is 0 Å². The minimum absolute atomic E-state index is 0.0300. The molecule has 0 spiro atoms. The van der Waals surface area contributed by atoms with Crippen LogP contribution in [0.3, 0.4) is 0 Å². The van der Waals surface area contributed by atoms with Crippen molar-refractivity contribution in [2.45, 2.75) is 38.0 Å². The molecule has 0 saturated heterocycles. The van der Waals surface area contributed by atoms with Crippen LogP contribution in [0.1, 0.15) is 36.8 Å². The van der Waals surface area contributed by atoms with Gasteiger partial charge in [-0.25, -0.2) is 0 Å². The zero-order valence-corrected chi connectivity index (χ0v) is 10.1. The number of hydrogen-bond donors (Lipinski definition) is 1. The molecular formula is C15H18O2. The Balaban J connectivity index is 1.95. The molecule has 1 unspecified atom stereocenters. The van der Waals surface area contributed by atoms with Gasteiger partial charge < -0.3 is 5.11 Å². The van der Waals surface area contributed by atoms with E-state index in [1.54, 1.807) is 0 Å². The van der Waals surface area contributed by atoms with Gasteiger partial charge in [0.05, 0.1) is 5.92 Å². The number of rotatable bonds is 3. The van der Waals surface area contributed by atoms with Gasteiger partial charge in [0.1, 0.15) is 0 Å². The summed E-state index contributed by atoms with van der Waals surface area (Å²) in [5.41, 5.74) is 2.46. The molecule has 2 nitrogen and oxygen atoms in total. The maximum absolute atomic E-state index is 11.3. The molecule has 2 saturated carbocycles. The van der Waals surface area contributed by atoms with Crippen LogP contribution in [0.25, 0.3) is 0 Å². The largest absolute Gasteiger partial charge is 0.481 e. The Morgan fingerprint density at radius 2 is 1.94 bits per heavy atom. The Morgan fingerprint density at radius 3 is 2.35 bits per heavy atom. The van der Waals surface area contributed by atoms with Crippen LogP contribution < -0.4 is 0 Å². The van der Waals surface area contributed by atoms with Crippen molar-refractivity contribution in [2.24, 2.45) is 11.8 Å². The van der Waals surface area contributed by atoms with E-state index < -0.39 is 5.97 Å². The second-order valence-electron chi connectivity index (χ2n) is 5.63. The quantitative estimate of drug-likeness (QED) is 0.866. The van der Waals surface area contributed by atoms with Gasteiger partial charge in [-0.3, -0.25) is 4.79 Å². The molecule has 0 aromatic heterocycles. The molecule has 0 aliphatic heterocycles. The number of hydrogen-bond acceptors (Lipinski definition) is 1. The number of aryl methyl sites for hydroxylation is 1. The van der Waals surface area contributed by atoms with Gasteiger partial charge in [-0.2, -0.15) is 0 Å². The molecule has 0 bridgehead atoms. The Morgan fingerprint density at radius 1 is 1.29 bits per heavy atom. The summed E-state index contributed by atoms with van der Waals surface area (Å²) in [4.78, 5) is 11.3. The first kappa shape index (κ1) is 10.8. The molecule has 0 amide bonds. The summed E-state index contributed by atoms with van der Waals surface area (Å²) in [6.45, 7) is 2.07. The standard InChI is InChI=1S/C15H18O2/c1-10-5-7-12(8-6-10)15(11-3-2-4-11)9-13(15)14(16)17/h5-8,11,13H,2-4,9H2,1H3,(H,16,17)/t13-,15?/m0/s1. The van der Waals surface area contributed by atoms with E-state index in [1.807, 2.05) is 0 Å². The average molecular weight is 230 g/mol. The van der Waals surface area contributed by atoms with Crippen LogP contribution in [0.4, 0.5) is 0 Å². The van der Waals surface area contributed by atoms with Crippen molar-refractivity contribution in [1.29, 1.82) is 0 Å². The number of carboxylic acids is 1. The van der Waals surface area contributed by atoms with Gasteiger partial charge in [0.25, 0.3) is 0 Å². The molecule has 2 aliphatic rings. The van der Waals surface area contributed by atoms with Gasteiger partial charge >= 0.3 is 5.97 Å². The van der Waals surface area contributed by atoms with E-state index in [4.69, 9.17) is 0 Å². The van der Waals surface area contributed by atoms with Gasteiger partial charge in [0, 0.05) is 5.41 Å². The van der Waals surface area contributed by atoms with E-state index in [0.29, 0.717) is 5.92 Å². The lowest BCUT2D eigenvalue weighted by atomic mass is 9.69. The highest BCUT2D eigenvalue weighted by Crippen LogP contribution is 2.64. The monoisotopic (exact) mass is 230 g/mol. The van der Waals surface area contributed by atoms with E-state index in [2.05, 4.69) is 31.2 Å². The molecule has 2 aliphatic carbocycles. The van der Waals surface area contributed by atoms with Gasteiger partial charge in [0.15, 0.2) is 0 Å². The van der Waals surface area contributed by atoms with Crippen molar-refractivity contribution in [3.05, 3.63) is 35.4 Å². The number of carboxylic acid groups (broad SMARTS) is 1. The average Bonchev–Trinajstić information content (AvgIpc) is 2.92. The molecule has 2 heteroatoms. The van der Waals surface area contributed by atoms with Crippen LogP contribution in [-0.4, -0.2) is 11.1 Å². The Labute approximate surface area is 102 Å². The zero-order valence-electron chi connectivity index (χ0n) is 10.1. The highest BCUT2D eigenvalue weighted by molar-refractivity contribution is 5.77. The van der Waals surface area contributed by atoms with Crippen LogP contribution in [0, 0.1) is 18.8 Å². The van der Waals surface area contributed by atoms with Crippen molar-refractivity contribution in [2.75, 3.05) is 0 Å². The minimum Gasteiger partial charge on any atom is -0.481 e. The van der Waals surface area contributed by atoms with Crippen LogP contribution in [0.2, 0.25) is 0 Å². The van der Waals surface area contributed by atoms with Crippen molar-refractivity contribution in [3.8, 4) is 0 Å². The molecule has 1 aromatic rings. The minimum atomic E-state index is -0.613. The maximum Gasteiger partial charge on any atom is 0.307 e. The predicted octanol–water partition coefficient (Wildman–Crippen LogP) is 3.14. The zero-order chi connectivity index (χ0) is 12.0. The lowest BCUT2D eigenvalue weighted by Crippen LogP contribution is -2.30. The smallest absolute Gasteiger partial charge is 0.307 e. The summed E-state index contributed by atoms with van der Waals surface area (Å²) in [5, 5.41) is 9.27. The molecule has 2 fully saturated rings. The molecule has 1 N–H and O–H groups in total. The van der Waals surface area contributed by atoms with Crippen molar-refractivity contribution >= 4 is 5.97 Å². The topological polar surface area (TPSA) is 37.3 Å². The SMILES string of the molecule is Cc1ccc(C2(C3CCC3)C[C@H]2C(=O)O)cc1. The van der Waals surface area contributed by atoms with E-state index in [-0.39, 0.29) is 11.3 Å². The van der Waals surface area contributed by atoms with E-state index in [0.717, 1.165) is 6.42 Å². The van der Waals surface area contributed by atoms with Crippen LogP contribution in [0.5, 0.6) is 0 Å². The normalized spacial score (nSPS) is 31.9. The number of carbonyl (C=O) groups is 1. The van der Waals surface area contributed by atoms with Crippen molar-refractivity contribution in [1.82, 2.24) is 0 Å². The summed E-state index contributed by atoms with van der Waals surface area (Å²) >= 11 is 0. The van der Waals surface area contributed by atoms with Crippen LogP contribution in [0.15, 0.2) is 24.3 Å². The summed E-state index contributed by atoms with van der Waals surface area (Å²) in [7, 11) is 0. The number of aliphatic carboxylic acids is 1. The Hall–Kier alpha value is -1.31. The second-order valence-corrected chi connectivity index (χ2v) is 5.63. The predicted molar refractivity (Wildman–Crippen MR) is 65.9 cm³/mol. The second kappa shape index (κ2) is 3.59. The van der Waals surface area contributed by atoms with E-state index in [1.165, 1.54) is 30.4 Å². The molecule has 0 heterocycles. The first-order valence-corrected chi connectivity index (χ1v) is 6.44. The fourth-order valence-corrected chi connectivity index (χ4v) is 3.38. The van der Waals surface area contributed by atoms with Gasteiger partial charge in [-0.05, 0) is 37.7 Å². The summed E-state index contributed by atoms with van der Waals surface area (Å²) in [6, 6.07) is 8.48. The summed E-state index contributed by atoms with van der Waals surface area (Å²) in [6.07, 6.45) is 4.52. The molecule has 3 rings (SSSR count). The summed E-state index contributed by atoms with van der Waals surface area (Å²) in [5.74, 6) is -0.153. The fourth-order valence-electron chi connectivity index (χ4n) is 3.38. The molecule has 90 valence electrons. The lowest BCUT2D eigenvalue weighted by molar-refractivity contribution is -0.139. The van der Waals surface area contributed by atoms with Crippen molar-refractivity contribution < 1.29 is 9.90 Å². The van der Waals surface area contributed by atoms with Gasteiger partial charge in [-0.15, -0.1) is 0 Å². The third-order valence-corrected chi connectivity index (χ3v) is 4.72. The third-order valence-electron chi connectivity index (χ3n) is 4.72. The maximum atomic E-state index is 11.3. The fraction of sp³-hybridized carbons (Fsp3) is 0.533.